The van der Waals surface area contributed by atoms with E-state index in [1.807, 2.05) is 12.1 Å². The van der Waals surface area contributed by atoms with Gasteiger partial charge in [-0.3, -0.25) is 4.79 Å². The molecule has 0 saturated carbocycles. The van der Waals surface area contributed by atoms with Crippen LogP contribution in [0.1, 0.15) is 79.8 Å². The Kier molecular flexibility index (Phi) is 5.54. The number of rotatable bonds is 6. The van der Waals surface area contributed by atoms with Gasteiger partial charge in [-0.05, 0) is 30.7 Å². The van der Waals surface area contributed by atoms with Gasteiger partial charge in [0.15, 0.2) is 5.78 Å². The lowest BCUT2D eigenvalue weighted by Gasteiger charge is -2.25. The van der Waals surface area contributed by atoms with Crippen molar-refractivity contribution in [3.05, 3.63) is 34.9 Å². The molecule has 3 nitrogen and oxygen atoms in total. The highest BCUT2D eigenvalue weighted by atomic mass is 16.6. The number of benzene rings is 1. The van der Waals surface area contributed by atoms with E-state index in [9.17, 15) is 4.79 Å². The summed E-state index contributed by atoms with van der Waals surface area (Å²) in [4.78, 5) is 17.5. The Hall–Kier alpha value is -1.64. The minimum absolute atomic E-state index is 0.234. The topological polar surface area (TPSA) is 38.7 Å². The number of carbonyl (C=O) groups excluding carboxylic acids is 1. The van der Waals surface area contributed by atoms with Crippen LogP contribution in [0.25, 0.3) is 0 Å². The Bertz CT molecular complexity index is 534. The first kappa shape index (κ1) is 15.7. The number of unbranched alkanes of at least 4 members (excludes halogenated alkanes) is 2. The molecule has 0 amide bonds. The van der Waals surface area contributed by atoms with Crippen LogP contribution in [-0.2, 0) is 4.84 Å². The Balaban J connectivity index is 2.36. The van der Waals surface area contributed by atoms with Crippen molar-refractivity contribution in [2.24, 2.45) is 5.16 Å². The third-order valence-corrected chi connectivity index (χ3v) is 4.24. The van der Waals surface area contributed by atoms with Gasteiger partial charge in [0.05, 0.1) is 5.71 Å². The van der Waals surface area contributed by atoms with Gasteiger partial charge in [-0.25, -0.2) is 0 Å². The van der Waals surface area contributed by atoms with E-state index in [-0.39, 0.29) is 5.78 Å². The number of ketones is 1. The average molecular weight is 287 g/mol. The summed E-state index contributed by atoms with van der Waals surface area (Å²) in [5.41, 5.74) is 4.01. The van der Waals surface area contributed by atoms with E-state index < -0.39 is 0 Å². The van der Waals surface area contributed by atoms with Crippen LogP contribution < -0.4 is 0 Å². The lowest BCUT2D eigenvalue weighted by molar-refractivity contribution is 0.0979. The number of hydrogen-bond acceptors (Lipinski definition) is 3. The first-order valence-electron chi connectivity index (χ1n) is 7.95. The zero-order valence-electron chi connectivity index (χ0n) is 13.3. The molecule has 1 unspecified atom stereocenters. The SMILES string of the molecule is CCCCCC(=O)c1cccc2c1/C(=N/OC)CCC2C. The molecule has 0 spiro atoms. The number of fused-ring (bicyclic) bond motifs is 1. The maximum atomic E-state index is 12.6. The zero-order chi connectivity index (χ0) is 15.2. The quantitative estimate of drug-likeness (QED) is 0.432. The predicted octanol–water partition coefficient (Wildman–Crippen LogP) is 4.70. The van der Waals surface area contributed by atoms with Gasteiger partial charge < -0.3 is 4.84 Å². The first-order chi connectivity index (χ1) is 10.2. The largest absolute Gasteiger partial charge is 0.399 e. The maximum absolute atomic E-state index is 12.6. The molecule has 2 rings (SSSR count). The molecule has 21 heavy (non-hydrogen) atoms. The van der Waals surface area contributed by atoms with Crippen LogP contribution in [0.2, 0.25) is 0 Å². The van der Waals surface area contributed by atoms with E-state index in [4.69, 9.17) is 4.84 Å². The molecule has 114 valence electrons. The van der Waals surface area contributed by atoms with Crippen molar-refractivity contribution in [2.45, 2.75) is 58.3 Å². The third kappa shape index (κ3) is 3.52. The molecule has 0 bridgehead atoms. The van der Waals surface area contributed by atoms with E-state index in [1.165, 1.54) is 5.56 Å². The van der Waals surface area contributed by atoms with Crippen molar-refractivity contribution < 1.29 is 9.63 Å². The van der Waals surface area contributed by atoms with Crippen molar-refractivity contribution in [1.29, 1.82) is 0 Å². The number of hydrogen-bond donors (Lipinski definition) is 0. The fraction of sp³-hybridized carbons (Fsp3) is 0.556. The van der Waals surface area contributed by atoms with Crippen molar-refractivity contribution in [3.8, 4) is 0 Å². The molecule has 0 radical (unpaired) electrons. The molecule has 1 atom stereocenters. The van der Waals surface area contributed by atoms with Gasteiger partial charge in [0.25, 0.3) is 0 Å². The molecular weight excluding hydrogens is 262 g/mol. The zero-order valence-corrected chi connectivity index (χ0v) is 13.3. The fourth-order valence-corrected chi connectivity index (χ4v) is 3.04. The second-order valence-electron chi connectivity index (χ2n) is 5.81. The van der Waals surface area contributed by atoms with E-state index in [0.29, 0.717) is 12.3 Å². The van der Waals surface area contributed by atoms with Gasteiger partial charge in [0.2, 0.25) is 0 Å². The minimum atomic E-state index is 0.234. The lowest BCUT2D eigenvalue weighted by Crippen LogP contribution is -2.19. The molecule has 0 fully saturated rings. The highest BCUT2D eigenvalue weighted by Crippen LogP contribution is 2.34. The summed E-state index contributed by atoms with van der Waals surface area (Å²) in [6, 6.07) is 6.06. The highest BCUT2D eigenvalue weighted by Gasteiger charge is 2.26. The van der Waals surface area contributed by atoms with Gasteiger partial charge in [-0.15, -0.1) is 0 Å². The molecule has 0 heterocycles. The van der Waals surface area contributed by atoms with Crippen LogP contribution in [0, 0.1) is 0 Å². The monoisotopic (exact) mass is 287 g/mol. The number of Topliss-reactive ketones (excluding diaryl/α,β-unsaturated/α-hetero) is 1. The summed E-state index contributed by atoms with van der Waals surface area (Å²) >= 11 is 0. The van der Waals surface area contributed by atoms with Crippen LogP contribution >= 0.6 is 0 Å². The summed E-state index contributed by atoms with van der Waals surface area (Å²) in [5, 5.41) is 4.16. The summed E-state index contributed by atoms with van der Waals surface area (Å²) in [5.74, 6) is 0.706. The third-order valence-electron chi connectivity index (χ3n) is 4.24. The normalized spacial score (nSPS) is 19.4. The Labute approximate surface area is 127 Å². The van der Waals surface area contributed by atoms with Gasteiger partial charge >= 0.3 is 0 Å². The second-order valence-corrected chi connectivity index (χ2v) is 5.81. The molecule has 1 aromatic rings. The maximum Gasteiger partial charge on any atom is 0.163 e. The first-order valence-corrected chi connectivity index (χ1v) is 7.95. The lowest BCUT2D eigenvalue weighted by atomic mass is 9.79. The fourth-order valence-electron chi connectivity index (χ4n) is 3.04. The van der Waals surface area contributed by atoms with Crippen LogP contribution in [0.5, 0.6) is 0 Å². The summed E-state index contributed by atoms with van der Waals surface area (Å²) in [7, 11) is 1.57. The van der Waals surface area contributed by atoms with Gasteiger partial charge in [-0.1, -0.05) is 50.0 Å². The summed E-state index contributed by atoms with van der Waals surface area (Å²) < 4.78 is 0. The number of nitrogens with zero attached hydrogens (tertiary/aromatic N) is 1. The second kappa shape index (κ2) is 7.39. The molecule has 0 aliphatic heterocycles. The highest BCUT2D eigenvalue weighted by molar-refractivity contribution is 6.12. The summed E-state index contributed by atoms with van der Waals surface area (Å²) in [6.07, 6.45) is 5.76. The molecule has 1 aliphatic rings. The van der Waals surface area contributed by atoms with Crippen molar-refractivity contribution in [3.63, 3.8) is 0 Å². The molecule has 1 aromatic carbocycles. The molecule has 3 heteroatoms. The van der Waals surface area contributed by atoms with Crippen LogP contribution in [0.15, 0.2) is 23.4 Å². The van der Waals surface area contributed by atoms with E-state index >= 15 is 0 Å². The van der Waals surface area contributed by atoms with Gasteiger partial charge in [0, 0.05) is 17.5 Å². The van der Waals surface area contributed by atoms with Crippen molar-refractivity contribution in [1.82, 2.24) is 0 Å². The predicted molar refractivity (Wildman–Crippen MR) is 86.1 cm³/mol. The van der Waals surface area contributed by atoms with E-state index in [2.05, 4.69) is 25.1 Å². The molecule has 1 aliphatic carbocycles. The van der Waals surface area contributed by atoms with Crippen molar-refractivity contribution >= 4 is 11.5 Å². The molecule has 0 N–H and O–H groups in total. The van der Waals surface area contributed by atoms with Crippen LogP contribution in [0.4, 0.5) is 0 Å². The summed E-state index contributed by atoms with van der Waals surface area (Å²) in [6.45, 7) is 4.37. The van der Waals surface area contributed by atoms with Crippen LogP contribution in [0.3, 0.4) is 0 Å². The Morgan fingerprint density at radius 3 is 2.90 bits per heavy atom. The number of carbonyl (C=O) groups is 1. The number of oxime groups is 1. The Morgan fingerprint density at radius 1 is 1.38 bits per heavy atom. The molecular formula is C18H25NO2. The van der Waals surface area contributed by atoms with Crippen LogP contribution in [-0.4, -0.2) is 18.6 Å². The smallest absolute Gasteiger partial charge is 0.163 e. The minimum Gasteiger partial charge on any atom is -0.399 e. The van der Waals surface area contributed by atoms with Gasteiger partial charge in [0.1, 0.15) is 7.11 Å². The van der Waals surface area contributed by atoms with E-state index in [0.717, 1.165) is 48.9 Å². The van der Waals surface area contributed by atoms with Crippen molar-refractivity contribution in [2.75, 3.05) is 7.11 Å². The average Bonchev–Trinajstić information content (AvgIpc) is 2.50. The standard InChI is InChI=1S/C18H25NO2/c1-4-5-6-10-17(20)15-9-7-8-14-13(2)11-12-16(18(14)15)19-21-3/h7-9,13H,4-6,10-12H2,1-3H3/b19-16+. The van der Waals surface area contributed by atoms with E-state index in [1.54, 1.807) is 7.11 Å². The Morgan fingerprint density at radius 2 is 2.19 bits per heavy atom. The molecule has 0 aromatic heterocycles. The molecule has 0 saturated heterocycles. The van der Waals surface area contributed by atoms with Gasteiger partial charge in [-0.2, -0.15) is 0 Å².